The SMILES string of the molecule is CNCC(O)C(O)C(O)[C@H](O)CO. The minimum Gasteiger partial charge on any atom is -0.394 e. The third-order valence-electron chi connectivity index (χ3n) is 1.74. The number of rotatable bonds is 6. The van der Waals surface area contributed by atoms with Crippen molar-refractivity contribution in [3.63, 3.8) is 0 Å². The molecule has 0 fully saturated rings. The van der Waals surface area contributed by atoms with Crippen LogP contribution >= 0.6 is 0 Å². The minimum atomic E-state index is -1.55. The molecule has 0 rings (SSSR count). The van der Waals surface area contributed by atoms with Crippen LogP contribution in [0.25, 0.3) is 0 Å². The minimum absolute atomic E-state index is 0.0936. The molecule has 0 aliphatic heterocycles. The molecule has 0 saturated carbocycles. The summed E-state index contributed by atoms with van der Waals surface area (Å²) in [5, 5.41) is 47.5. The van der Waals surface area contributed by atoms with E-state index in [0.717, 1.165) is 0 Å². The molecule has 80 valence electrons. The van der Waals surface area contributed by atoms with Crippen molar-refractivity contribution in [1.29, 1.82) is 0 Å². The lowest BCUT2D eigenvalue weighted by molar-refractivity contribution is -0.113. The summed E-state index contributed by atoms with van der Waals surface area (Å²) in [5.41, 5.74) is 0. The largest absolute Gasteiger partial charge is 0.394 e. The van der Waals surface area contributed by atoms with Crippen LogP contribution in [-0.4, -0.2) is 70.1 Å². The van der Waals surface area contributed by atoms with Crippen LogP contribution in [0.5, 0.6) is 0 Å². The molecule has 0 bridgehead atoms. The normalized spacial score (nSPS) is 20.8. The molecule has 0 radical (unpaired) electrons. The Bertz CT molecular complexity index is 134. The third-order valence-corrected chi connectivity index (χ3v) is 1.74. The van der Waals surface area contributed by atoms with Gasteiger partial charge in [0.05, 0.1) is 12.7 Å². The van der Waals surface area contributed by atoms with Gasteiger partial charge in [-0.25, -0.2) is 0 Å². The van der Waals surface area contributed by atoms with Crippen LogP contribution in [-0.2, 0) is 0 Å². The van der Waals surface area contributed by atoms with E-state index in [0.29, 0.717) is 0 Å². The maximum atomic E-state index is 9.21. The Morgan fingerprint density at radius 3 is 1.85 bits per heavy atom. The summed E-state index contributed by atoms with van der Waals surface area (Å²) in [5.74, 6) is 0. The van der Waals surface area contributed by atoms with Crippen molar-refractivity contribution in [2.45, 2.75) is 24.4 Å². The first-order chi connectivity index (χ1) is 6.04. The second-order valence-corrected chi connectivity index (χ2v) is 2.86. The fourth-order valence-corrected chi connectivity index (χ4v) is 0.893. The molecule has 3 unspecified atom stereocenters. The molecular weight excluding hydrogens is 178 g/mol. The van der Waals surface area contributed by atoms with Gasteiger partial charge in [0.1, 0.15) is 18.3 Å². The van der Waals surface area contributed by atoms with E-state index >= 15 is 0 Å². The molecule has 13 heavy (non-hydrogen) atoms. The number of aliphatic hydroxyl groups is 5. The van der Waals surface area contributed by atoms with Crippen LogP contribution in [0, 0.1) is 0 Å². The molecule has 0 aromatic heterocycles. The molecule has 0 spiro atoms. The standard InChI is InChI=1S/C7H17NO5/c1-8-2-4(10)6(12)7(13)5(11)3-9/h4-13H,2-3H2,1H3/t4?,5-,6?,7?/m1/s1. The molecule has 0 aliphatic carbocycles. The predicted molar refractivity (Wildman–Crippen MR) is 45.0 cm³/mol. The Kier molecular flexibility index (Phi) is 6.13. The number of likely N-dealkylation sites (N-methyl/N-ethyl adjacent to an activating group) is 1. The number of hydrogen-bond donors (Lipinski definition) is 6. The van der Waals surface area contributed by atoms with Gasteiger partial charge >= 0.3 is 0 Å². The Morgan fingerprint density at radius 1 is 1.00 bits per heavy atom. The van der Waals surface area contributed by atoms with E-state index in [1.165, 1.54) is 0 Å². The Morgan fingerprint density at radius 2 is 1.46 bits per heavy atom. The summed E-state index contributed by atoms with van der Waals surface area (Å²) in [6, 6.07) is 0. The Balaban J connectivity index is 3.99. The molecule has 0 aromatic rings. The van der Waals surface area contributed by atoms with E-state index in [9.17, 15) is 5.11 Å². The topological polar surface area (TPSA) is 113 Å². The zero-order valence-corrected chi connectivity index (χ0v) is 7.46. The molecule has 0 aromatic carbocycles. The highest BCUT2D eigenvalue weighted by atomic mass is 16.4. The van der Waals surface area contributed by atoms with Crippen molar-refractivity contribution in [1.82, 2.24) is 5.32 Å². The number of hydrogen-bond acceptors (Lipinski definition) is 6. The average molecular weight is 195 g/mol. The quantitative estimate of drug-likeness (QED) is 0.264. The van der Waals surface area contributed by atoms with Crippen molar-refractivity contribution in [2.24, 2.45) is 0 Å². The summed E-state index contributed by atoms with van der Waals surface area (Å²) < 4.78 is 0. The van der Waals surface area contributed by atoms with E-state index in [-0.39, 0.29) is 6.54 Å². The summed E-state index contributed by atoms with van der Waals surface area (Å²) in [4.78, 5) is 0. The maximum Gasteiger partial charge on any atom is 0.111 e. The second-order valence-electron chi connectivity index (χ2n) is 2.86. The van der Waals surface area contributed by atoms with Gasteiger partial charge in [-0.2, -0.15) is 0 Å². The van der Waals surface area contributed by atoms with Crippen LogP contribution in [0.3, 0.4) is 0 Å². The van der Waals surface area contributed by atoms with Crippen molar-refractivity contribution in [3.05, 3.63) is 0 Å². The number of nitrogens with one attached hydrogen (secondary N) is 1. The number of aliphatic hydroxyl groups excluding tert-OH is 5. The van der Waals surface area contributed by atoms with Gasteiger partial charge in [-0.1, -0.05) is 0 Å². The van der Waals surface area contributed by atoms with E-state index < -0.39 is 31.0 Å². The lowest BCUT2D eigenvalue weighted by Crippen LogP contribution is -2.48. The lowest BCUT2D eigenvalue weighted by Gasteiger charge is -2.25. The summed E-state index contributed by atoms with van der Waals surface area (Å²) >= 11 is 0. The first-order valence-corrected chi connectivity index (χ1v) is 4.02. The van der Waals surface area contributed by atoms with Crippen LogP contribution in [0.4, 0.5) is 0 Å². The van der Waals surface area contributed by atoms with Crippen molar-refractivity contribution < 1.29 is 25.5 Å². The first-order valence-electron chi connectivity index (χ1n) is 4.02. The molecule has 6 nitrogen and oxygen atoms in total. The van der Waals surface area contributed by atoms with Gasteiger partial charge in [-0.05, 0) is 7.05 Å². The third kappa shape index (κ3) is 3.99. The molecular formula is C7H17NO5. The average Bonchev–Trinajstić information content (AvgIpc) is 2.14. The highest BCUT2D eigenvalue weighted by Crippen LogP contribution is 2.04. The van der Waals surface area contributed by atoms with Gasteiger partial charge in [0.25, 0.3) is 0 Å². The zero-order chi connectivity index (χ0) is 10.4. The van der Waals surface area contributed by atoms with Crippen molar-refractivity contribution >= 4 is 0 Å². The van der Waals surface area contributed by atoms with Crippen molar-refractivity contribution in [2.75, 3.05) is 20.2 Å². The lowest BCUT2D eigenvalue weighted by atomic mass is 10.0. The van der Waals surface area contributed by atoms with Gasteiger partial charge in [-0.15, -0.1) is 0 Å². The summed E-state index contributed by atoms with van der Waals surface area (Å²) in [6.07, 6.45) is -5.65. The molecule has 6 heteroatoms. The molecule has 4 atom stereocenters. The molecule has 0 aliphatic rings. The van der Waals surface area contributed by atoms with Crippen LogP contribution < -0.4 is 5.32 Å². The van der Waals surface area contributed by atoms with Crippen LogP contribution in [0.15, 0.2) is 0 Å². The van der Waals surface area contributed by atoms with Gasteiger partial charge in [0, 0.05) is 6.54 Å². The monoisotopic (exact) mass is 195 g/mol. The highest BCUT2D eigenvalue weighted by Gasteiger charge is 2.29. The Hall–Kier alpha value is -0.240. The van der Waals surface area contributed by atoms with Crippen LogP contribution in [0.2, 0.25) is 0 Å². The van der Waals surface area contributed by atoms with Gasteiger partial charge in [0.15, 0.2) is 0 Å². The van der Waals surface area contributed by atoms with Crippen LogP contribution in [0.1, 0.15) is 0 Å². The fourth-order valence-electron chi connectivity index (χ4n) is 0.893. The molecule has 0 amide bonds. The van der Waals surface area contributed by atoms with E-state index in [2.05, 4.69) is 5.32 Å². The Labute approximate surface area is 76.4 Å². The molecule has 0 heterocycles. The van der Waals surface area contributed by atoms with E-state index in [4.69, 9.17) is 20.4 Å². The molecule has 0 saturated heterocycles. The maximum absolute atomic E-state index is 9.21. The zero-order valence-electron chi connectivity index (χ0n) is 7.46. The van der Waals surface area contributed by atoms with E-state index in [1.807, 2.05) is 0 Å². The van der Waals surface area contributed by atoms with Gasteiger partial charge in [0.2, 0.25) is 0 Å². The van der Waals surface area contributed by atoms with Gasteiger partial charge in [-0.3, -0.25) is 0 Å². The van der Waals surface area contributed by atoms with E-state index in [1.54, 1.807) is 7.05 Å². The highest BCUT2D eigenvalue weighted by molar-refractivity contribution is 4.81. The molecule has 6 N–H and O–H groups in total. The smallest absolute Gasteiger partial charge is 0.111 e. The fraction of sp³-hybridized carbons (Fsp3) is 1.00. The van der Waals surface area contributed by atoms with Gasteiger partial charge < -0.3 is 30.8 Å². The van der Waals surface area contributed by atoms with Crippen molar-refractivity contribution in [3.8, 4) is 0 Å². The predicted octanol–water partition coefficient (Wildman–Crippen LogP) is -3.36. The first kappa shape index (κ1) is 12.8. The summed E-state index contributed by atoms with van der Waals surface area (Å²) in [6.45, 7) is -0.569. The second kappa shape index (κ2) is 6.25. The summed E-state index contributed by atoms with van der Waals surface area (Å²) in [7, 11) is 1.57.